The van der Waals surface area contributed by atoms with Gasteiger partial charge >= 0.3 is 6.03 Å². The molecule has 10 heteroatoms. The van der Waals surface area contributed by atoms with E-state index in [-0.39, 0.29) is 36.0 Å². The number of nitrogens with zero attached hydrogens (tertiary/aromatic N) is 2. The van der Waals surface area contributed by atoms with Crippen LogP contribution in [0.4, 0.5) is 4.79 Å². The summed E-state index contributed by atoms with van der Waals surface area (Å²) in [5.74, 6) is -0.987. The van der Waals surface area contributed by atoms with Gasteiger partial charge in [0.15, 0.2) is 11.6 Å². The maximum absolute atomic E-state index is 13.4. The van der Waals surface area contributed by atoms with Crippen LogP contribution in [0.5, 0.6) is 0 Å². The van der Waals surface area contributed by atoms with Crippen LogP contribution in [0.2, 0.25) is 0 Å². The van der Waals surface area contributed by atoms with E-state index in [0.29, 0.717) is 36.8 Å². The van der Waals surface area contributed by atoms with E-state index in [2.05, 4.69) is 20.9 Å². The molecule has 1 fully saturated rings. The largest absolute Gasteiger partial charge is 0.344 e. The Bertz CT molecular complexity index is 1270. The number of ketones is 2. The minimum atomic E-state index is -0.860. The number of carbonyl (C=O) groups is 5. The molecule has 1 saturated heterocycles. The average molecular weight is 566 g/mol. The van der Waals surface area contributed by atoms with Crippen molar-refractivity contribution in [2.45, 2.75) is 91.4 Å². The number of hydrogen-bond donors (Lipinski definition) is 3. The first-order valence-electron chi connectivity index (χ1n) is 14.4. The molecule has 2 heterocycles. The minimum absolute atomic E-state index is 0.0980. The lowest BCUT2D eigenvalue weighted by Gasteiger charge is -2.29. The number of likely N-dealkylation sites (tertiary alicyclic amines) is 1. The summed E-state index contributed by atoms with van der Waals surface area (Å²) in [6.07, 6.45) is 3.34. The van der Waals surface area contributed by atoms with Gasteiger partial charge in [-0.05, 0) is 63.5 Å². The smallest absolute Gasteiger partial charge is 0.318 e. The number of hydrogen-bond acceptors (Lipinski definition) is 6. The Morgan fingerprint density at radius 2 is 1.61 bits per heavy atom. The number of benzene rings is 1. The number of aromatic nitrogens is 1. The van der Waals surface area contributed by atoms with E-state index < -0.39 is 36.0 Å². The van der Waals surface area contributed by atoms with E-state index in [1.165, 1.54) is 11.8 Å². The van der Waals surface area contributed by atoms with Crippen LogP contribution < -0.4 is 16.0 Å². The highest BCUT2D eigenvalue weighted by Gasteiger charge is 2.35. The summed E-state index contributed by atoms with van der Waals surface area (Å²) in [7, 11) is 0. The molecule has 4 amide bonds. The summed E-state index contributed by atoms with van der Waals surface area (Å²) < 4.78 is 0. The van der Waals surface area contributed by atoms with Gasteiger partial charge in [0, 0.05) is 17.6 Å². The number of urea groups is 1. The molecule has 1 aromatic carbocycles. The van der Waals surface area contributed by atoms with Crippen LogP contribution in [-0.2, 0) is 14.4 Å². The number of pyridine rings is 1. The normalized spacial score (nSPS) is 19.0. The van der Waals surface area contributed by atoms with E-state index in [0.717, 1.165) is 5.39 Å². The van der Waals surface area contributed by atoms with Crippen molar-refractivity contribution in [2.75, 3.05) is 6.54 Å². The zero-order chi connectivity index (χ0) is 30.3. The SMILES string of the molecule is CC(=O)C(CC(C)C)NC(=O)N1CC(=O)C(NC(=O)C(CC(C)C)NC(=O)c2cccc3cccnc23)CCC1C. The fourth-order valence-electron chi connectivity index (χ4n) is 5.11. The molecule has 1 aliphatic heterocycles. The number of amides is 4. The molecule has 222 valence electrons. The van der Waals surface area contributed by atoms with Crippen LogP contribution in [0.15, 0.2) is 36.5 Å². The molecule has 0 radical (unpaired) electrons. The molecule has 0 spiro atoms. The predicted octanol–water partition coefficient (Wildman–Crippen LogP) is 3.63. The number of para-hydroxylation sites is 1. The van der Waals surface area contributed by atoms with Crippen LogP contribution in [0.1, 0.15) is 77.6 Å². The highest BCUT2D eigenvalue weighted by molar-refractivity contribution is 6.07. The van der Waals surface area contributed by atoms with Gasteiger partial charge in [0.1, 0.15) is 6.04 Å². The second kappa shape index (κ2) is 14.2. The molecule has 4 unspecified atom stereocenters. The van der Waals surface area contributed by atoms with E-state index in [9.17, 15) is 24.0 Å². The lowest BCUT2D eigenvalue weighted by atomic mass is 10.0. The van der Waals surface area contributed by atoms with Crippen LogP contribution in [0.3, 0.4) is 0 Å². The molecule has 4 atom stereocenters. The molecule has 0 bridgehead atoms. The third-order valence-electron chi connectivity index (χ3n) is 7.40. The number of rotatable bonds is 10. The molecule has 0 saturated carbocycles. The van der Waals surface area contributed by atoms with Crippen molar-refractivity contribution < 1.29 is 24.0 Å². The van der Waals surface area contributed by atoms with Gasteiger partial charge in [0.05, 0.1) is 29.7 Å². The molecule has 10 nitrogen and oxygen atoms in total. The van der Waals surface area contributed by atoms with Crippen molar-refractivity contribution in [3.63, 3.8) is 0 Å². The third-order valence-corrected chi connectivity index (χ3v) is 7.40. The minimum Gasteiger partial charge on any atom is -0.344 e. The second-order valence-electron chi connectivity index (χ2n) is 11.9. The molecule has 1 aliphatic rings. The summed E-state index contributed by atoms with van der Waals surface area (Å²) in [6, 6.07) is 5.95. The highest BCUT2D eigenvalue weighted by Crippen LogP contribution is 2.19. The van der Waals surface area contributed by atoms with Crippen LogP contribution in [0.25, 0.3) is 10.9 Å². The zero-order valence-electron chi connectivity index (χ0n) is 24.9. The number of carbonyl (C=O) groups excluding carboxylic acids is 5. The van der Waals surface area contributed by atoms with Crippen molar-refractivity contribution >= 4 is 40.3 Å². The van der Waals surface area contributed by atoms with Gasteiger partial charge in [0.25, 0.3) is 5.91 Å². The first-order valence-corrected chi connectivity index (χ1v) is 14.4. The molecule has 2 aromatic rings. The zero-order valence-corrected chi connectivity index (χ0v) is 24.9. The summed E-state index contributed by atoms with van der Waals surface area (Å²) >= 11 is 0. The standard InChI is InChI=1S/C31H43N5O5/c1-18(2)15-25(21(6)37)35-31(41)36-17-27(38)24(13-12-20(36)5)33-30(40)26(16-19(3)4)34-29(39)23-11-7-9-22-10-8-14-32-28(22)23/h7-11,14,18-20,24-26H,12-13,15-17H2,1-6H3,(H,33,40)(H,34,39)(H,35,41). The highest BCUT2D eigenvalue weighted by atomic mass is 16.2. The molecule has 0 aliphatic carbocycles. The Hall–Kier alpha value is -3.82. The number of nitrogens with one attached hydrogen (secondary N) is 3. The van der Waals surface area contributed by atoms with Gasteiger partial charge in [-0.3, -0.25) is 24.2 Å². The average Bonchev–Trinajstić information content (AvgIpc) is 3.05. The maximum atomic E-state index is 13.4. The first kappa shape index (κ1) is 31.7. The van der Waals surface area contributed by atoms with Crippen molar-refractivity contribution in [1.29, 1.82) is 0 Å². The molecule has 3 N–H and O–H groups in total. The second-order valence-corrected chi connectivity index (χ2v) is 11.9. The quantitative estimate of drug-likeness (QED) is 0.402. The topological polar surface area (TPSA) is 138 Å². The van der Waals surface area contributed by atoms with Gasteiger partial charge in [-0.25, -0.2) is 4.79 Å². The van der Waals surface area contributed by atoms with Crippen molar-refractivity contribution in [3.05, 3.63) is 42.1 Å². The Morgan fingerprint density at radius 1 is 0.951 bits per heavy atom. The molecule has 41 heavy (non-hydrogen) atoms. The van der Waals surface area contributed by atoms with Crippen LogP contribution in [0, 0.1) is 11.8 Å². The van der Waals surface area contributed by atoms with Crippen molar-refractivity contribution in [3.8, 4) is 0 Å². The summed E-state index contributed by atoms with van der Waals surface area (Å²) in [5, 5.41) is 9.30. The van der Waals surface area contributed by atoms with Gasteiger partial charge in [0.2, 0.25) is 5.91 Å². The van der Waals surface area contributed by atoms with Gasteiger partial charge in [-0.1, -0.05) is 45.9 Å². The lowest BCUT2D eigenvalue weighted by Crippen LogP contribution is -2.54. The number of fused-ring (bicyclic) bond motifs is 1. The first-order chi connectivity index (χ1) is 19.4. The molecule has 1 aromatic heterocycles. The van der Waals surface area contributed by atoms with Crippen LogP contribution in [-0.4, -0.2) is 70.0 Å². The predicted molar refractivity (Wildman–Crippen MR) is 157 cm³/mol. The Balaban J connectivity index is 1.70. The Morgan fingerprint density at radius 3 is 2.27 bits per heavy atom. The maximum Gasteiger partial charge on any atom is 0.318 e. The Kier molecular flexibility index (Phi) is 11.0. The van der Waals surface area contributed by atoms with Crippen molar-refractivity contribution in [2.24, 2.45) is 11.8 Å². The Labute approximate surface area is 242 Å². The fourth-order valence-corrected chi connectivity index (χ4v) is 5.11. The molecular weight excluding hydrogens is 522 g/mol. The van der Waals surface area contributed by atoms with Gasteiger partial charge in [-0.15, -0.1) is 0 Å². The van der Waals surface area contributed by atoms with Crippen molar-refractivity contribution in [1.82, 2.24) is 25.8 Å². The molecule has 3 rings (SSSR count). The third kappa shape index (κ3) is 8.58. The molecular formula is C31H43N5O5. The van der Waals surface area contributed by atoms with E-state index in [1.807, 2.05) is 46.8 Å². The van der Waals surface area contributed by atoms with Crippen LogP contribution >= 0.6 is 0 Å². The fraction of sp³-hybridized carbons (Fsp3) is 0.548. The monoisotopic (exact) mass is 565 g/mol. The van der Waals surface area contributed by atoms with E-state index >= 15 is 0 Å². The van der Waals surface area contributed by atoms with E-state index in [1.54, 1.807) is 24.4 Å². The summed E-state index contributed by atoms with van der Waals surface area (Å²) in [6.45, 7) is 11.0. The lowest BCUT2D eigenvalue weighted by molar-refractivity contribution is -0.129. The van der Waals surface area contributed by atoms with Gasteiger partial charge < -0.3 is 20.9 Å². The summed E-state index contributed by atoms with van der Waals surface area (Å²) in [5.41, 5.74) is 0.912. The number of Topliss-reactive ketones (excluding diaryl/α,β-unsaturated/α-hetero) is 2. The van der Waals surface area contributed by atoms with Gasteiger partial charge in [-0.2, -0.15) is 0 Å². The van der Waals surface area contributed by atoms with E-state index in [4.69, 9.17) is 0 Å². The summed E-state index contributed by atoms with van der Waals surface area (Å²) in [4.78, 5) is 70.9.